The fraction of sp³-hybridized carbons (Fsp3) is 0.500. The maximum Gasteiger partial charge on any atom is 0.0212 e. The maximum atomic E-state index is 5.76. The van der Waals surface area contributed by atoms with Crippen LogP contribution < -0.4 is 5.73 Å². The maximum absolute atomic E-state index is 5.76. The Morgan fingerprint density at radius 3 is 2.36 bits per heavy atom. The third-order valence-corrected chi connectivity index (χ3v) is 2.93. The van der Waals surface area contributed by atoms with E-state index in [0.717, 1.165) is 6.42 Å². The average molecular weight is 256 g/mol. The zero-order valence-electron chi connectivity index (χ0n) is 9.05. The first-order valence-corrected chi connectivity index (χ1v) is 5.84. The number of hydrogen-bond donors (Lipinski definition) is 1. The van der Waals surface area contributed by atoms with Gasteiger partial charge in [-0.15, -0.1) is 0 Å². The highest BCUT2D eigenvalue weighted by molar-refractivity contribution is 9.10. The molecule has 1 rings (SSSR count). The predicted molar refractivity (Wildman–Crippen MR) is 65.6 cm³/mol. The molecular weight excluding hydrogens is 238 g/mol. The fourth-order valence-corrected chi connectivity index (χ4v) is 2.42. The highest BCUT2D eigenvalue weighted by Crippen LogP contribution is 2.25. The molecule has 14 heavy (non-hydrogen) atoms. The Morgan fingerprint density at radius 1 is 1.29 bits per heavy atom. The topological polar surface area (TPSA) is 26.0 Å². The van der Waals surface area contributed by atoms with Crippen LogP contribution in [0.15, 0.2) is 22.7 Å². The lowest BCUT2D eigenvalue weighted by molar-refractivity contribution is 0.736. The molecule has 2 N–H and O–H groups in total. The van der Waals surface area contributed by atoms with Gasteiger partial charge in [-0.2, -0.15) is 0 Å². The summed E-state index contributed by atoms with van der Waals surface area (Å²) in [5, 5.41) is 0. The van der Waals surface area contributed by atoms with Gasteiger partial charge in [-0.05, 0) is 36.5 Å². The van der Waals surface area contributed by atoms with Crippen molar-refractivity contribution in [3.63, 3.8) is 0 Å². The summed E-state index contributed by atoms with van der Waals surface area (Å²) >= 11 is 3.60. The van der Waals surface area contributed by atoms with E-state index in [-0.39, 0.29) is 6.04 Å². The van der Waals surface area contributed by atoms with Gasteiger partial charge >= 0.3 is 0 Å². The van der Waals surface area contributed by atoms with Gasteiger partial charge in [0.15, 0.2) is 0 Å². The third kappa shape index (κ3) is 3.10. The zero-order chi connectivity index (χ0) is 10.7. The average Bonchev–Trinajstić information content (AvgIpc) is 2.01. The molecular formula is C12H18BrN. The molecule has 0 spiro atoms. The van der Waals surface area contributed by atoms with E-state index >= 15 is 0 Å². The van der Waals surface area contributed by atoms with Crippen molar-refractivity contribution < 1.29 is 0 Å². The highest BCUT2D eigenvalue weighted by atomic mass is 79.9. The normalized spacial score (nSPS) is 13.3. The minimum Gasteiger partial charge on any atom is -0.328 e. The Morgan fingerprint density at radius 2 is 1.93 bits per heavy atom. The van der Waals surface area contributed by atoms with Crippen molar-refractivity contribution in [2.24, 2.45) is 5.73 Å². The van der Waals surface area contributed by atoms with Crippen LogP contribution in [-0.4, -0.2) is 6.04 Å². The molecule has 1 aromatic carbocycles. The van der Waals surface area contributed by atoms with Crippen molar-refractivity contribution in [1.82, 2.24) is 0 Å². The van der Waals surface area contributed by atoms with Gasteiger partial charge in [-0.3, -0.25) is 0 Å². The van der Waals surface area contributed by atoms with Crippen LogP contribution in [-0.2, 0) is 6.42 Å². The lowest BCUT2D eigenvalue weighted by Crippen LogP contribution is -2.17. The van der Waals surface area contributed by atoms with E-state index in [9.17, 15) is 0 Å². The van der Waals surface area contributed by atoms with Gasteiger partial charge in [0.05, 0.1) is 0 Å². The first-order chi connectivity index (χ1) is 6.50. The van der Waals surface area contributed by atoms with Crippen LogP contribution in [0.2, 0.25) is 0 Å². The summed E-state index contributed by atoms with van der Waals surface area (Å²) in [7, 11) is 0. The molecule has 0 saturated heterocycles. The minimum absolute atomic E-state index is 0.229. The molecule has 0 radical (unpaired) electrons. The summed E-state index contributed by atoms with van der Waals surface area (Å²) in [4.78, 5) is 0. The zero-order valence-corrected chi connectivity index (χ0v) is 10.6. The summed E-state index contributed by atoms with van der Waals surface area (Å²) in [5.41, 5.74) is 8.42. The number of benzene rings is 1. The van der Waals surface area contributed by atoms with Crippen LogP contribution in [0.4, 0.5) is 0 Å². The molecule has 0 aliphatic rings. The van der Waals surface area contributed by atoms with Crippen molar-refractivity contribution in [1.29, 1.82) is 0 Å². The fourth-order valence-electron chi connectivity index (χ4n) is 1.54. The first kappa shape index (κ1) is 11.7. The molecule has 78 valence electrons. The van der Waals surface area contributed by atoms with E-state index in [1.165, 1.54) is 15.6 Å². The van der Waals surface area contributed by atoms with Gasteiger partial charge in [-0.25, -0.2) is 0 Å². The largest absolute Gasteiger partial charge is 0.328 e. The highest BCUT2D eigenvalue weighted by Gasteiger charge is 2.06. The van der Waals surface area contributed by atoms with Crippen molar-refractivity contribution in [3.05, 3.63) is 33.8 Å². The Kier molecular flexibility index (Phi) is 4.14. The van der Waals surface area contributed by atoms with Crippen molar-refractivity contribution >= 4 is 15.9 Å². The molecule has 1 nitrogen and oxygen atoms in total. The molecule has 2 heteroatoms. The molecule has 1 aromatic rings. The van der Waals surface area contributed by atoms with Crippen LogP contribution in [0.5, 0.6) is 0 Å². The number of rotatable bonds is 3. The monoisotopic (exact) mass is 255 g/mol. The van der Waals surface area contributed by atoms with Crippen LogP contribution >= 0.6 is 15.9 Å². The summed E-state index contributed by atoms with van der Waals surface area (Å²) in [6, 6.07) is 6.76. The number of nitrogens with two attached hydrogens (primary N) is 1. The van der Waals surface area contributed by atoms with Crippen molar-refractivity contribution in [2.75, 3.05) is 0 Å². The van der Waals surface area contributed by atoms with E-state index in [1.54, 1.807) is 0 Å². The van der Waals surface area contributed by atoms with Crippen LogP contribution in [0, 0.1) is 0 Å². The number of hydrogen-bond acceptors (Lipinski definition) is 1. The van der Waals surface area contributed by atoms with Gasteiger partial charge in [0.1, 0.15) is 0 Å². The molecule has 1 unspecified atom stereocenters. The molecule has 0 aromatic heterocycles. The second-order valence-corrected chi connectivity index (χ2v) is 5.05. The van der Waals surface area contributed by atoms with E-state index in [1.807, 2.05) is 6.92 Å². The van der Waals surface area contributed by atoms with Crippen LogP contribution in [0.25, 0.3) is 0 Å². The van der Waals surface area contributed by atoms with Gasteiger partial charge < -0.3 is 5.73 Å². The van der Waals surface area contributed by atoms with Gasteiger partial charge in [0.2, 0.25) is 0 Å². The molecule has 0 aliphatic heterocycles. The summed E-state index contributed by atoms with van der Waals surface area (Å²) in [5.74, 6) is 0.564. The Hall–Kier alpha value is -0.340. The molecule has 0 fully saturated rings. The van der Waals surface area contributed by atoms with Crippen LogP contribution in [0.3, 0.4) is 0 Å². The molecule has 0 amide bonds. The number of halogens is 1. The molecule has 1 atom stereocenters. The lowest BCUT2D eigenvalue weighted by atomic mass is 9.99. The SMILES string of the molecule is CC(N)Cc1ccc(C(C)C)c(Br)c1. The lowest BCUT2D eigenvalue weighted by Gasteiger charge is -2.11. The molecule has 0 heterocycles. The van der Waals surface area contributed by atoms with Gasteiger partial charge in [0, 0.05) is 10.5 Å². The Labute approximate surface area is 94.8 Å². The predicted octanol–water partition coefficient (Wildman–Crippen LogP) is 3.46. The summed E-state index contributed by atoms with van der Waals surface area (Å²) in [6.45, 7) is 6.43. The van der Waals surface area contributed by atoms with E-state index in [4.69, 9.17) is 5.73 Å². The molecule has 0 saturated carbocycles. The summed E-state index contributed by atoms with van der Waals surface area (Å²) < 4.78 is 1.20. The third-order valence-electron chi connectivity index (χ3n) is 2.24. The molecule has 0 aliphatic carbocycles. The van der Waals surface area contributed by atoms with Crippen LogP contribution in [0.1, 0.15) is 37.8 Å². The van der Waals surface area contributed by atoms with E-state index in [0.29, 0.717) is 5.92 Å². The van der Waals surface area contributed by atoms with Gasteiger partial charge in [0.25, 0.3) is 0 Å². The molecule has 0 bridgehead atoms. The summed E-state index contributed by atoms with van der Waals surface area (Å²) in [6.07, 6.45) is 0.941. The first-order valence-electron chi connectivity index (χ1n) is 5.04. The Balaban J connectivity index is 2.89. The van der Waals surface area contributed by atoms with Crippen molar-refractivity contribution in [2.45, 2.75) is 39.2 Å². The van der Waals surface area contributed by atoms with E-state index in [2.05, 4.69) is 48.0 Å². The van der Waals surface area contributed by atoms with E-state index < -0.39 is 0 Å². The smallest absolute Gasteiger partial charge is 0.0212 e. The second kappa shape index (κ2) is 4.94. The minimum atomic E-state index is 0.229. The quantitative estimate of drug-likeness (QED) is 0.880. The standard InChI is InChI=1S/C12H18BrN/c1-8(2)11-5-4-10(6-9(3)14)7-12(11)13/h4-5,7-9H,6,14H2,1-3H3. The van der Waals surface area contributed by atoms with Crippen molar-refractivity contribution in [3.8, 4) is 0 Å². The van der Waals surface area contributed by atoms with Gasteiger partial charge in [-0.1, -0.05) is 41.9 Å². The second-order valence-electron chi connectivity index (χ2n) is 4.19. The Bertz CT molecular complexity index is 305.